The van der Waals surface area contributed by atoms with E-state index in [0.29, 0.717) is 0 Å². The summed E-state index contributed by atoms with van der Waals surface area (Å²) in [7, 11) is 0. The summed E-state index contributed by atoms with van der Waals surface area (Å²) in [5.41, 5.74) is -0.778. The van der Waals surface area contributed by atoms with Crippen LogP contribution in [0.5, 0.6) is 0 Å². The van der Waals surface area contributed by atoms with Gasteiger partial charge >= 0.3 is 6.16 Å². The molecular weight excluding hydrogens is 276 g/mol. The van der Waals surface area contributed by atoms with Crippen molar-refractivity contribution in [3.05, 3.63) is 24.3 Å². The summed E-state index contributed by atoms with van der Waals surface area (Å²) in [6, 6.07) is 0. The molecule has 0 spiro atoms. The molecule has 0 N–H and O–H groups in total. The van der Waals surface area contributed by atoms with Crippen molar-refractivity contribution in [1.29, 1.82) is 0 Å². The average molecular weight is 306 g/mol. The Bertz CT molecular complexity index is 388. The van der Waals surface area contributed by atoms with Crippen LogP contribution in [0.15, 0.2) is 24.3 Å². The molecule has 0 heterocycles. The minimum atomic E-state index is -0.487. The number of ether oxygens (including phenoxy) is 2. The van der Waals surface area contributed by atoms with Gasteiger partial charge in [-0.15, -0.1) is 0 Å². The van der Waals surface area contributed by atoms with Gasteiger partial charge in [0.25, 0.3) is 0 Å². The maximum atomic E-state index is 12.3. The molecule has 22 heavy (non-hydrogen) atoms. The Kier molecular flexibility index (Phi) is 6.10. The number of allylic oxidation sites excluding steroid dienone is 4. The SMILES string of the molecule is CC1(OC(=O)OC2(C)CC/C=C\CCC2)CC/C=C\CCC1. The molecule has 0 aromatic carbocycles. The highest BCUT2D eigenvalue weighted by molar-refractivity contribution is 5.61. The van der Waals surface area contributed by atoms with Gasteiger partial charge in [0.2, 0.25) is 0 Å². The summed E-state index contributed by atoms with van der Waals surface area (Å²) < 4.78 is 11.5. The number of hydrogen-bond acceptors (Lipinski definition) is 3. The lowest BCUT2D eigenvalue weighted by Gasteiger charge is -2.34. The maximum absolute atomic E-state index is 12.3. The van der Waals surface area contributed by atoms with Gasteiger partial charge in [0.15, 0.2) is 0 Å². The fraction of sp³-hybridized carbons (Fsp3) is 0.737. The Labute approximate surface area is 134 Å². The highest BCUT2D eigenvalue weighted by atomic mass is 16.7. The van der Waals surface area contributed by atoms with Crippen LogP contribution in [0, 0.1) is 0 Å². The number of hydrogen-bond donors (Lipinski definition) is 0. The molecule has 2 atom stereocenters. The predicted molar refractivity (Wildman–Crippen MR) is 88.8 cm³/mol. The Hall–Kier alpha value is -1.25. The first kappa shape index (κ1) is 17.1. The lowest BCUT2D eigenvalue weighted by Crippen LogP contribution is -2.38. The number of carbonyl (C=O) groups is 1. The summed E-state index contributed by atoms with van der Waals surface area (Å²) in [6.07, 6.45) is 18.1. The van der Waals surface area contributed by atoms with Crippen LogP contribution in [0.2, 0.25) is 0 Å². The zero-order valence-electron chi connectivity index (χ0n) is 14.1. The summed E-state index contributed by atoms with van der Waals surface area (Å²) in [6.45, 7) is 4.08. The maximum Gasteiger partial charge on any atom is 0.509 e. The largest absolute Gasteiger partial charge is 0.509 e. The number of rotatable bonds is 2. The van der Waals surface area contributed by atoms with E-state index < -0.39 is 6.16 Å². The molecule has 2 unspecified atom stereocenters. The van der Waals surface area contributed by atoms with Crippen molar-refractivity contribution >= 4 is 6.16 Å². The van der Waals surface area contributed by atoms with Crippen LogP contribution in [-0.2, 0) is 9.47 Å². The molecule has 2 aliphatic carbocycles. The lowest BCUT2D eigenvalue weighted by molar-refractivity contribution is -0.0809. The van der Waals surface area contributed by atoms with E-state index in [4.69, 9.17) is 9.47 Å². The Morgan fingerprint density at radius 1 is 0.727 bits per heavy atom. The van der Waals surface area contributed by atoms with Crippen LogP contribution in [0.25, 0.3) is 0 Å². The summed E-state index contributed by atoms with van der Waals surface area (Å²) >= 11 is 0. The monoisotopic (exact) mass is 306 g/mol. The van der Waals surface area contributed by atoms with E-state index in [9.17, 15) is 4.79 Å². The summed E-state index contributed by atoms with van der Waals surface area (Å²) in [5, 5.41) is 0. The quantitative estimate of drug-likeness (QED) is 0.485. The van der Waals surface area contributed by atoms with Gasteiger partial charge in [-0.3, -0.25) is 0 Å². The molecule has 0 amide bonds. The van der Waals surface area contributed by atoms with E-state index in [-0.39, 0.29) is 11.2 Å². The second kappa shape index (κ2) is 7.85. The average Bonchev–Trinajstić information content (AvgIpc) is 2.40. The van der Waals surface area contributed by atoms with Gasteiger partial charge in [0.05, 0.1) is 0 Å². The van der Waals surface area contributed by atoms with Crippen molar-refractivity contribution in [2.45, 2.75) is 89.3 Å². The zero-order chi connectivity index (χ0) is 15.9. The topological polar surface area (TPSA) is 35.5 Å². The lowest BCUT2D eigenvalue weighted by atomic mass is 9.90. The Balaban J connectivity index is 1.90. The van der Waals surface area contributed by atoms with Crippen LogP contribution < -0.4 is 0 Å². The molecule has 0 aromatic rings. The molecule has 0 saturated heterocycles. The first-order valence-corrected chi connectivity index (χ1v) is 8.73. The van der Waals surface area contributed by atoms with Crippen molar-refractivity contribution in [3.63, 3.8) is 0 Å². The third-order valence-electron chi connectivity index (χ3n) is 4.83. The van der Waals surface area contributed by atoms with Gasteiger partial charge in [-0.2, -0.15) is 0 Å². The summed E-state index contributed by atoms with van der Waals surface area (Å²) in [4.78, 5) is 12.3. The van der Waals surface area contributed by atoms with Gasteiger partial charge in [-0.25, -0.2) is 4.79 Å². The van der Waals surface area contributed by atoms with E-state index in [1.165, 1.54) is 0 Å². The predicted octanol–water partition coefficient (Wildman–Crippen LogP) is 5.70. The molecule has 0 radical (unpaired) electrons. The van der Waals surface area contributed by atoms with Crippen LogP contribution in [0.4, 0.5) is 4.79 Å². The van der Waals surface area contributed by atoms with Crippen molar-refractivity contribution in [2.24, 2.45) is 0 Å². The molecule has 0 aromatic heterocycles. The highest BCUT2D eigenvalue weighted by Crippen LogP contribution is 2.31. The number of carbonyl (C=O) groups excluding carboxylic acids is 1. The molecule has 0 saturated carbocycles. The first-order chi connectivity index (χ1) is 10.5. The van der Waals surface area contributed by atoms with E-state index in [2.05, 4.69) is 24.3 Å². The molecule has 2 aliphatic rings. The van der Waals surface area contributed by atoms with E-state index in [1.54, 1.807) is 0 Å². The zero-order valence-corrected chi connectivity index (χ0v) is 14.1. The fourth-order valence-electron chi connectivity index (χ4n) is 3.31. The van der Waals surface area contributed by atoms with Crippen LogP contribution in [-0.4, -0.2) is 17.4 Å². The molecular formula is C19H30O3. The third-order valence-corrected chi connectivity index (χ3v) is 4.83. The van der Waals surface area contributed by atoms with Crippen LogP contribution in [0.1, 0.15) is 78.1 Å². The Morgan fingerprint density at radius 3 is 1.59 bits per heavy atom. The third kappa shape index (κ3) is 5.51. The van der Waals surface area contributed by atoms with Gasteiger partial charge in [0.1, 0.15) is 11.2 Å². The second-order valence-corrected chi connectivity index (χ2v) is 7.16. The van der Waals surface area contributed by atoms with Crippen molar-refractivity contribution in [2.75, 3.05) is 0 Å². The van der Waals surface area contributed by atoms with E-state index >= 15 is 0 Å². The van der Waals surface area contributed by atoms with Crippen molar-refractivity contribution < 1.29 is 14.3 Å². The Morgan fingerprint density at radius 2 is 1.14 bits per heavy atom. The fourth-order valence-corrected chi connectivity index (χ4v) is 3.31. The molecule has 3 nitrogen and oxygen atoms in total. The molecule has 0 bridgehead atoms. The molecule has 0 fully saturated rings. The van der Waals surface area contributed by atoms with Gasteiger partial charge in [0, 0.05) is 0 Å². The van der Waals surface area contributed by atoms with Crippen LogP contribution >= 0.6 is 0 Å². The highest BCUT2D eigenvalue weighted by Gasteiger charge is 2.34. The van der Waals surface area contributed by atoms with Crippen LogP contribution in [0.3, 0.4) is 0 Å². The minimum Gasteiger partial charge on any atom is -0.428 e. The van der Waals surface area contributed by atoms with Gasteiger partial charge < -0.3 is 9.47 Å². The first-order valence-electron chi connectivity index (χ1n) is 8.73. The standard InChI is InChI=1S/C19H30O3/c1-18(13-9-5-3-6-10-14-18)21-17(20)22-19(2)15-11-7-4-8-12-16-19/h3-5,7H,6,8-16H2,1-2H3/b5-3-,7-4-. The molecule has 3 heteroatoms. The van der Waals surface area contributed by atoms with Crippen molar-refractivity contribution in [1.82, 2.24) is 0 Å². The normalized spacial score (nSPS) is 36.1. The second-order valence-electron chi connectivity index (χ2n) is 7.16. The summed E-state index contributed by atoms with van der Waals surface area (Å²) in [5.74, 6) is 0. The smallest absolute Gasteiger partial charge is 0.428 e. The van der Waals surface area contributed by atoms with Gasteiger partial charge in [-0.05, 0) is 78.1 Å². The van der Waals surface area contributed by atoms with E-state index in [1.807, 2.05) is 13.8 Å². The molecule has 2 rings (SSSR count). The minimum absolute atomic E-state index is 0.389. The van der Waals surface area contributed by atoms with E-state index in [0.717, 1.165) is 64.2 Å². The molecule has 124 valence electrons. The van der Waals surface area contributed by atoms with Crippen molar-refractivity contribution in [3.8, 4) is 0 Å². The molecule has 0 aliphatic heterocycles. The van der Waals surface area contributed by atoms with Gasteiger partial charge in [-0.1, -0.05) is 24.3 Å².